The molecule has 0 aromatic heterocycles. The van der Waals surface area contributed by atoms with Crippen molar-refractivity contribution in [2.24, 2.45) is 0 Å². The van der Waals surface area contributed by atoms with Crippen LogP contribution in [-0.4, -0.2) is 23.1 Å². The van der Waals surface area contributed by atoms with Gasteiger partial charge in [-0.05, 0) is 51.8 Å². The average molecular weight is 283 g/mol. The van der Waals surface area contributed by atoms with Crippen molar-refractivity contribution >= 4 is 6.09 Å². The Morgan fingerprint density at radius 3 is 2.50 bits per heavy atom. The summed E-state index contributed by atoms with van der Waals surface area (Å²) in [6, 6.07) is 1.69. The molecule has 3 nitrogen and oxygen atoms in total. The number of hydrogen-bond donors (Lipinski definition) is 0. The first kappa shape index (κ1) is 14.8. The number of amides is 1. The predicted octanol–water partition coefficient (Wildman–Crippen LogP) is 3.82. The van der Waals surface area contributed by atoms with Gasteiger partial charge in [0.25, 0.3) is 0 Å². The average Bonchev–Trinajstić information content (AvgIpc) is 2.31. The number of fused-ring (bicyclic) bond motifs is 1. The fourth-order valence-corrected chi connectivity index (χ4v) is 2.47. The Morgan fingerprint density at radius 2 is 1.90 bits per heavy atom. The quantitative estimate of drug-likeness (QED) is 0.724. The van der Waals surface area contributed by atoms with E-state index in [9.17, 15) is 13.6 Å². The lowest BCUT2D eigenvalue weighted by molar-refractivity contribution is 0.0154. The maximum Gasteiger partial charge on any atom is 0.410 e. The van der Waals surface area contributed by atoms with E-state index in [-0.39, 0.29) is 5.56 Å². The van der Waals surface area contributed by atoms with E-state index >= 15 is 0 Å². The zero-order valence-corrected chi connectivity index (χ0v) is 12.2. The van der Waals surface area contributed by atoms with Crippen LogP contribution in [0.1, 0.15) is 44.9 Å². The number of rotatable bonds is 0. The molecule has 0 fully saturated rings. The molecule has 1 aromatic rings. The summed E-state index contributed by atoms with van der Waals surface area (Å²) < 4.78 is 33.0. The zero-order valence-electron chi connectivity index (χ0n) is 12.2. The fraction of sp³-hybridized carbons (Fsp3) is 0.533. The van der Waals surface area contributed by atoms with Crippen LogP contribution < -0.4 is 0 Å². The van der Waals surface area contributed by atoms with Gasteiger partial charge < -0.3 is 9.64 Å². The molecule has 1 amide bonds. The summed E-state index contributed by atoms with van der Waals surface area (Å²) in [5.74, 6) is -0.903. The smallest absolute Gasteiger partial charge is 0.410 e. The third-order valence-corrected chi connectivity index (χ3v) is 3.36. The van der Waals surface area contributed by atoms with E-state index in [2.05, 4.69) is 0 Å². The van der Waals surface area contributed by atoms with E-state index in [0.717, 1.165) is 12.1 Å². The largest absolute Gasteiger partial charge is 0.444 e. The molecular formula is C15H19F2NO2. The molecule has 1 atom stereocenters. The molecule has 1 heterocycles. The van der Waals surface area contributed by atoms with Crippen molar-refractivity contribution in [2.45, 2.75) is 45.8 Å². The summed E-state index contributed by atoms with van der Waals surface area (Å²) in [5, 5.41) is 0. The van der Waals surface area contributed by atoms with Crippen LogP contribution >= 0.6 is 0 Å². The maximum absolute atomic E-state index is 13.9. The van der Waals surface area contributed by atoms with Gasteiger partial charge in [-0.15, -0.1) is 0 Å². The Morgan fingerprint density at radius 1 is 1.30 bits per heavy atom. The van der Waals surface area contributed by atoms with Crippen molar-refractivity contribution in [3.8, 4) is 0 Å². The molecule has 1 aromatic carbocycles. The molecule has 0 N–H and O–H groups in total. The number of halogens is 2. The molecule has 1 aliphatic heterocycles. The molecule has 1 aliphatic rings. The summed E-state index contributed by atoms with van der Waals surface area (Å²) in [6.07, 6.45) is -0.206. The third-order valence-electron chi connectivity index (χ3n) is 3.36. The summed E-state index contributed by atoms with van der Waals surface area (Å²) >= 11 is 0. The Kier molecular flexibility index (Phi) is 3.71. The van der Waals surface area contributed by atoms with Crippen molar-refractivity contribution in [2.75, 3.05) is 6.54 Å². The van der Waals surface area contributed by atoms with Gasteiger partial charge in [0.2, 0.25) is 0 Å². The van der Waals surface area contributed by atoms with Gasteiger partial charge in [0.1, 0.15) is 17.2 Å². The van der Waals surface area contributed by atoms with Crippen LogP contribution in [0.15, 0.2) is 12.1 Å². The third kappa shape index (κ3) is 2.76. The highest BCUT2D eigenvalue weighted by atomic mass is 19.1. The number of nitrogens with zero attached hydrogens (tertiary/aromatic N) is 1. The van der Waals surface area contributed by atoms with Gasteiger partial charge in [-0.3, -0.25) is 0 Å². The van der Waals surface area contributed by atoms with Gasteiger partial charge >= 0.3 is 6.09 Å². The van der Waals surface area contributed by atoms with Crippen molar-refractivity contribution in [3.05, 3.63) is 34.9 Å². The maximum atomic E-state index is 13.9. The summed E-state index contributed by atoms with van der Waals surface area (Å²) in [5.41, 5.74) is -0.00296. The number of carbonyl (C=O) groups excluding carboxylic acids is 1. The Hall–Kier alpha value is -1.65. The van der Waals surface area contributed by atoms with Crippen LogP contribution in [0.25, 0.3) is 0 Å². The molecule has 0 saturated carbocycles. The molecule has 0 unspecified atom stereocenters. The lowest BCUT2D eigenvalue weighted by Crippen LogP contribution is -2.42. The van der Waals surface area contributed by atoms with Gasteiger partial charge in [0.15, 0.2) is 0 Å². The number of hydrogen-bond acceptors (Lipinski definition) is 2. The van der Waals surface area contributed by atoms with Gasteiger partial charge in [-0.1, -0.05) is 0 Å². The van der Waals surface area contributed by atoms with Crippen molar-refractivity contribution in [1.29, 1.82) is 0 Å². The monoisotopic (exact) mass is 283 g/mol. The molecule has 5 heteroatoms. The molecule has 0 spiro atoms. The number of benzene rings is 1. The van der Waals surface area contributed by atoms with Crippen LogP contribution in [0, 0.1) is 11.6 Å². The van der Waals surface area contributed by atoms with E-state index in [4.69, 9.17) is 4.74 Å². The summed E-state index contributed by atoms with van der Waals surface area (Å²) in [6.45, 7) is 7.32. The standard InChI is InChI=1S/C15H19F2NO2/c1-9-13-10(11(16)5-6-12(13)17)7-8-18(9)14(19)20-15(2,3)4/h5-6,9H,7-8H2,1-4H3/t9-/m1/s1. The second-order valence-electron chi connectivity index (χ2n) is 6.02. The highest BCUT2D eigenvalue weighted by molar-refractivity contribution is 5.69. The van der Waals surface area contributed by atoms with E-state index in [1.165, 1.54) is 4.90 Å². The molecule has 0 saturated heterocycles. The van der Waals surface area contributed by atoms with E-state index < -0.39 is 29.4 Å². The fourth-order valence-electron chi connectivity index (χ4n) is 2.47. The van der Waals surface area contributed by atoms with Crippen molar-refractivity contribution < 1.29 is 18.3 Å². The molecule has 0 aliphatic carbocycles. The van der Waals surface area contributed by atoms with Crippen LogP contribution in [-0.2, 0) is 11.2 Å². The molecular weight excluding hydrogens is 264 g/mol. The van der Waals surface area contributed by atoms with Crippen LogP contribution in [0.2, 0.25) is 0 Å². The first-order chi connectivity index (χ1) is 9.20. The van der Waals surface area contributed by atoms with Crippen molar-refractivity contribution in [1.82, 2.24) is 4.90 Å². The number of carbonyl (C=O) groups is 1. The van der Waals surface area contributed by atoms with Crippen molar-refractivity contribution in [3.63, 3.8) is 0 Å². The molecule has 0 bridgehead atoms. The topological polar surface area (TPSA) is 29.5 Å². The van der Waals surface area contributed by atoms with E-state index in [1.807, 2.05) is 0 Å². The van der Waals surface area contributed by atoms with Crippen LogP contribution in [0.4, 0.5) is 13.6 Å². The van der Waals surface area contributed by atoms with Gasteiger partial charge in [-0.25, -0.2) is 13.6 Å². The highest BCUT2D eigenvalue weighted by Gasteiger charge is 2.33. The van der Waals surface area contributed by atoms with Crippen LogP contribution in [0.5, 0.6) is 0 Å². The second kappa shape index (κ2) is 5.04. The Bertz CT molecular complexity index is 537. The van der Waals surface area contributed by atoms with E-state index in [1.54, 1.807) is 27.7 Å². The van der Waals surface area contributed by atoms with Gasteiger partial charge in [0.05, 0.1) is 6.04 Å². The van der Waals surface area contributed by atoms with Crippen LogP contribution in [0.3, 0.4) is 0 Å². The minimum atomic E-state index is -0.614. The Labute approximate surface area is 117 Å². The summed E-state index contributed by atoms with van der Waals surface area (Å²) in [4.78, 5) is 13.6. The minimum absolute atomic E-state index is 0.252. The molecule has 20 heavy (non-hydrogen) atoms. The first-order valence-corrected chi connectivity index (χ1v) is 6.67. The highest BCUT2D eigenvalue weighted by Crippen LogP contribution is 2.33. The molecule has 2 rings (SSSR count). The molecule has 0 radical (unpaired) electrons. The van der Waals surface area contributed by atoms with Gasteiger partial charge in [-0.2, -0.15) is 0 Å². The molecule has 110 valence electrons. The first-order valence-electron chi connectivity index (χ1n) is 6.67. The second-order valence-corrected chi connectivity index (χ2v) is 6.02. The SMILES string of the molecule is C[C@@H]1c2c(F)ccc(F)c2CCN1C(=O)OC(C)(C)C. The minimum Gasteiger partial charge on any atom is -0.444 e. The van der Waals surface area contributed by atoms with Gasteiger partial charge in [0, 0.05) is 12.1 Å². The lowest BCUT2D eigenvalue weighted by atomic mass is 9.93. The normalized spacial score (nSPS) is 18.7. The lowest BCUT2D eigenvalue weighted by Gasteiger charge is -2.36. The van der Waals surface area contributed by atoms with E-state index in [0.29, 0.717) is 18.5 Å². The predicted molar refractivity (Wildman–Crippen MR) is 71.4 cm³/mol. The number of ether oxygens (including phenoxy) is 1. The Balaban J connectivity index is 2.30. The summed E-state index contributed by atoms with van der Waals surface area (Å²) in [7, 11) is 0. The zero-order chi connectivity index (χ0) is 15.1.